The van der Waals surface area contributed by atoms with Crippen molar-refractivity contribution < 1.29 is 4.79 Å². The van der Waals surface area contributed by atoms with E-state index in [2.05, 4.69) is 34.7 Å². The van der Waals surface area contributed by atoms with Gasteiger partial charge in [-0.15, -0.1) is 0 Å². The Hall–Kier alpha value is -1.52. The van der Waals surface area contributed by atoms with Crippen LogP contribution in [0.3, 0.4) is 0 Å². The van der Waals surface area contributed by atoms with E-state index in [1.165, 1.54) is 6.42 Å². The van der Waals surface area contributed by atoms with Crippen LogP contribution in [0, 0.1) is 5.92 Å². The molecular weight excluding hydrogens is 264 g/mol. The third-order valence-electron chi connectivity index (χ3n) is 4.21. The molecule has 2 rings (SSSR count). The molecule has 5 heteroatoms. The number of rotatable bonds is 4. The van der Waals surface area contributed by atoms with Crippen LogP contribution in [0.4, 0.5) is 0 Å². The van der Waals surface area contributed by atoms with Crippen molar-refractivity contribution in [3.8, 4) is 0 Å². The Bertz CT molecular complexity index is 397. The van der Waals surface area contributed by atoms with Crippen molar-refractivity contribution in [2.45, 2.75) is 45.1 Å². The van der Waals surface area contributed by atoms with E-state index in [-0.39, 0.29) is 5.91 Å². The lowest BCUT2D eigenvalue weighted by atomic mass is 10.00. The molecule has 118 valence electrons. The average molecular weight is 292 g/mol. The molecule has 0 spiro atoms. The fourth-order valence-electron chi connectivity index (χ4n) is 2.98. The number of nitrogens with zero attached hydrogens (tertiary/aromatic N) is 2. The van der Waals surface area contributed by atoms with Crippen LogP contribution in [0.1, 0.15) is 39.0 Å². The summed E-state index contributed by atoms with van der Waals surface area (Å²) in [6, 6.07) is 0.440. The summed E-state index contributed by atoms with van der Waals surface area (Å²) < 4.78 is 0. The van der Waals surface area contributed by atoms with Crippen molar-refractivity contribution >= 4 is 11.9 Å². The molecule has 1 amide bonds. The highest BCUT2D eigenvalue weighted by atomic mass is 16.2. The molecule has 1 atom stereocenters. The summed E-state index contributed by atoms with van der Waals surface area (Å²) in [6.07, 6.45) is 9.39. The average Bonchev–Trinajstić information content (AvgIpc) is 2.99. The Balaban J connectivity index is 1.66. The van der Waals surface area contributed by atoms with Crippen LogP contribution in [0.15, 0.2) is 17.1 Å². The lowest BCUT2D eigenvalue weighted by molar-refractivity contribution is -0.132. The molecule has 1 aliphatic carbocycles. The highest BCUT2D eigenvalue weighted by Gasteiger charge is 2.20. The van der Waals surface area contributed by atoms with E-state index >= 15 is 0 Å². The minimum atomic E-state index is 0.257. The molecule has 0 aromatic heterocycles. The maximum absolute atomic E-state index is 12.2. The van der Waals surface area contributed by atoms with Crippen LogP contribution >= 0.6 is 0 Å². The van der Waals surface area contributed by atoms with Crippen molar-refractivity contribution in [2.75, 3.05) is 26.7 Å². The van der Waals surface area contributed by atoms with E-state index in [9.17, 15) is 4.79 Å². The van der Waals surface area contributed by atoms with Gasteiger partial charge in [-0.25, -0.2) is 0 Å². The number of hydrogen-bond donors (Lipinski definition) is 2. The normalized spacial score (nSPS) is 23.4. The number of carbonyl (C=O) groups is 1. The molecule has 1 saturated heterocycles. The molecule has 1 aliphatic heterocycles. The van der Waals surface area contributed by atoms with Gasteiger partial charge in [0.05, 0.1) is 0 Å². The largest absolute Gasteiger partial charge is 0.356 e. The minimum Gasteiger partial charge on any atom is -0.356 e. The maximum Gasteiger partial charge on any atom is 0.224 e. The lowest BCUT2D eigenvalue weighted by Gasteiger charge is -2.31. The number of aliphatic imine (C=N–C) groups is 1. The molecule has 1 fully saturated rings. The molecule has 21 heavy (non-hydrogen) atoms. The highest BCUT2D eigenvalue weighted by molar-refractivity contribution is 5.81. The van der Waals surface area contributed by atoms with Gasteiger partial charge in [-0.05, 0) is 31.6 Å². The molecular formula is C16H28N4O. The smallest absolute Gasteiger partial charge is 0.224 e. The zero-order chi connectivity index (χ0) is 15.1. The van der Waals surface area contributed by atoms with Crippen LogP contribution < -0.4 is 10.6 Å². The molecule has 2 aliphatic rings. The number of amides is 1. The third-order valence-corrected chi connectivity index (χ3v) is 4.21. The van der Waals surface area contributed by atoms with E-state index in [1.807, 2.05) is 4.90 Å². The van der Waals surface area contributed by atoms with Gasteiger partial charge in [-0.3, -0.25) is 9.79 Å². The van der Waals surface area contributed by atoms with Crippen molar-refractivity contribution in [3.63, 3.8) is 0 Å². The second kappa shape index (κ2) is 8.05. The number of hydrogen-bond acceptors (Lipinski definition) is 2. The van der Waals surface area contributed by atoms with E-state index < -0.39 is 0 Å². The van der Waals surface area contributed by atoms with E-state index in [1.54, 1.807) is 7.05 Å². The summed E-state index contributed by atoms with van der Waals surface area (Å²) in [5.74, 6) is 1.69. The summed E-state index contributed by atoms with van der Waals surface area (Å²) >= 11 is 0. The van der Waals surface area contributed by atoms with E-state index in [4.69, 9.17) is 0 Å². The number of piperidine rings is 1. The fourth-order valence-corrected chi connectivity index (χ4v) is 2.98. The van der Waals surface area contributed by atoms with Crippen LogP contribution in [-0.2, 0) is 4.79 Å². The van der Waals surface area contributed by atoms with Gasteiger partial charge in [-0.2, -0.15) is 0 Å². The maximum atomic E-state index is 12.2. The van der Waals surface area contributed by atoms with Gasteiger partial charge in [0.25, 0.3) is 0 Å². The van der Waals surface area contributed by atoms with Crippen molar-refractivity contribution in [3.05, 3.63) is 12.2 Å². The van der Waals surface area contributed by atoms with Crippen molar-refractivity contribution in [1.82, 2.24) is 15.5 Å². The van der Waals surface area contributed by atoms with Gasteiger partial charge >= 0.3 is 0 Å². The number of carbonyl (C=O) groups excluding carboxylic acids is 1. The second-order valence-electron chi connectivity index (χ2n) is 6.12. The van der Waals surface area contributed by atoms with Crippen molar-refractivity contribution in [2.24, 2.45) is 10.9 Å². The summed E-state index contributed by atoms with van der Waals surface area (Å²) in [6.45, 7) is 4.70. The zero-order valence-corrected chi connectivity index (χ0v) is 13.3. The quantitative estimate of drug-likeness (QED) is 0.469. The molecule has 0 aromatic rings. The zero-order valence-electron chi connectivity index (χ0n) is 13.3. The first-order valence-electron chi connectivity index (χ1n) is 8.09. The van der Waals surface area contributed by atoms with Gasteiger partial charge in [0, 0.05) is 39.1 Å². The Morgan fingerprint density at radius 2 is 2.14 bits per heavy atom. The molecule has 0 aromatic carbocycles. The summed E-state index contributed by atoms with van der Waals surface area (Å²) in [5.41, 5.74) is 0. The molecule has 0 saturated carbocycles. The van der Waals surface area contributed by atoms with Crippen molar-refractivity contribution in [1.29, 1.82) is 0 Å². The predicted octanol–water partition coefficient (Wildman–Crippen LogP) is 1.52. The van der Waals surface area contributed by atoms with Gasteiger partial charge in [0.15, 0.2) is 5.96 Å². The Labute approximate surface area is 127 Å². The monoisotopic (exact) mass is 292 g/mol. The standard InChI is InChI=1S/C16H28N4O/c1-13-6-5-11-20(12-13)15(21)9-10-18-16(17-2)19-14-7-3-4-8-14/h3-4,13-14H,5-12H2,1-2H3,(H2,17,18,19). The summed E-state index contributed by atoms with van der Waals surface area (Å²) in [5, 5.41) is 6.62. The lowest BCUT2D eigenvalue weighted by Crippen LogP contribution is -2.44. The fraction of sp³-hybridized carbons (Fsp3) is 0.750. The molecule has 0 radical (unpaired) electrons. The van der Waals surface area contributed by atoms with E-state index in [0.717, 1.165) is 38.3 Å². The van der Waals surface area contributed by atoms with Crippen LogP contribution in [0.25, 0.3) is 0 Å². The molecule has 0 bridgehead atoms. The topological polar surface area (TPSA) is 56.7 Å². The van der Waals surface area contributed by atoms with Gasteiger partial charge in [0.1, 0.15) is 0 Å². The summed E-state index contributed by atoms with van der Waals surface area (Å²) in [4.78, 5) is 18.4. The third kappa shape index (κ3) is 5.06. The number of nitrogens with one attached hydrogen (secondary N) is 2. The first kappa shape index (κ1) is 15.9. The summed E-state index contributed by atoms with van der Waals surface area (Å²) in [7, 11) is 1.77. The van der Waals surface area contributed by atoms with E-state index in [0.29, 0.717) is 24.9 Å². The Morgan fingerprint density at radius 1 is 1.38 bits per heavy atom. The SMILES string of the molecule is CN=C(NCCC(=O)N1CCCC(C)C1)NC1CC=CC1. The minimum absolute atomic E-state index is 0.257. The van der Waals surface area contributed by atoms with Crippen LogP contribution in [0.5, 0.6) is 0 Å². The molecule has 5 nitrogen and oxygen atoms in total. The first-order valence-corrected chi connectivity index (χ1v) is 8.09. The van der Waals surface area contributed by atoms with Crippen LogP contribution in [-0.4, -0.2) is 49.5 Å². The number of guanidine groups is 1. The molecule has 1 heterocycles. The first-order chi connectivity index (χ1) is 10.2. The second-order valence-corrected chi connectivity index (χ2v) is 6.12. The van der Waals surface area contributed by atoms with Crippen LogP contribution in [0.2, 0.25) is 0 Å². The predicted molar refractivity (Wildman–Crippen MR) is 86.3 cm³/mol. The highest BCUT2D eigenvalue weighted by Crippen LogP contribution is 2.15. The van der Waals surface area contributed by atoms with Gasteiger partial charge in [0.2, 0.25) is 5.91 Å². The number of likely N-dealkylation sites (tertiary alicyclic amines) is 1. The van der Waals surface area contributed by atoms with Gasteiger partial charge < -0.3 is 15.5 Å². The molecule has 2 N–H and O–H groups in total. The Morgan fingerprint density at radius 3 is 2.81 bits per heavy atom. The Kier molecular flexibility index (Phi) is 6.08. The molecule has 1 unspecified atom stereocenters. The van der Waals surface area contributed by atoms with Gasteiger partial charge in [-0.1, -0.05) is 19.1 Å².